The van der Waals surface area contributed by atoms with E-state index in [1.54, 1.807) is 24.3 Å². The average molecular weight is 541 g/mol. The first-order valence-electron chi connectivity index (χ1n) is 11.6. The average Bonchev–Trinajstić information content (AvgIpc) is 2.87. The molecule has 0 atom stereocenters. The molecule has 37 heavy (non-hydrogen) atoms. The molecule has 0 aliphatic carbocycles. The number of ether oxygens (including phenoxy) is 1. The lowest BCUT2D eigenvalue weighted by molar-refractivity contribution is -0.142. The molecule has 1 aliphatic rings. The van der Waals surface area contributed by atoms with Crippen molar-refractivity contribution < 1.29 is 32.3 Å². The highest BCUT2D eigenvalue weighted by molar-refractivity contribution is 6.31. The quantitative estimate of drug-likeness (QED) is 0.489. The summed E-state index contributed by atoms with van der Waals surface area (Å²) in [5, 5.41) is 5.59. The van der Waals surface area contributed by atoms with E-state index in [1.807, 2.05) is 0 Å². The third-order valence-electron chi connectivity index (χ3n) is 6.40. The molecule has 0 bridgehead atoms. The minimum Gasteiger partial charge on any atom is -0.448 e. The number of benzene rings is 2. The summed E-state index contributed by atoms with van der Waals surface area (Å²) in [6.07, 6.45) is -5.19. The number of aryl methyl sites for hydroxylation is 1. The molecule has 1 aliphatic heterocycles. The molecule has 2 aromatic carbocycles. The zero-order valence-corrected chi connectivity index (χ0v) is 20.9. The molecule has 3 amide bonds. The molecule has 12 heteroatoms. The molecule has 1 fully saturated rings. The van der Waals surface area contributed by atoms with Gasteiger partial charge in [-0.3, -0.25) is 14.9 Å². The Kier molecular flexibility index (Phi) is 9.03. The van der Waals surface area contributed by atoms with Crippen molar-refractivity contribution in [1.29, 1.82) is 0 Å². The van der Waals surface area contributed by atoms with E-state index in [1.165, 1.54) is 24.0 Å². The Balaban J connectivity index is 1.70. The fourth-order valence-corrected chi connectivity index (χ4v) is 4.32. The number of hydrogen-bond donors (Lipinski definition) is 3. The molecule has 8 nitrogen and oxygen atoms in total. The van der Waals surface area contributed by atoms with Gasteiger partial charge in [-0.05, 0) is 49.1 Å². The number of nitrogens with one attached hydrogen (secondary N) is 2. The van der Waals surface area contributed by atoms with E-state index in [4.69, 9.17) is 22.1 Å². The molecule has 0 radical (unpaired) electrons. The second-order valence-corrected chi connectivity index (χ2v) is 9.28. The number of hydrogen-bond acceptors (Lipinski definition) is 5. The van der Waals surface area contributed by atoms with Crippen LogP contribution in [0.15, 0.2) is 42.5 Å². The van der Waals surface area contributed by atoms with Gasteiger partial charge >= 0.3 is 12.3 Å². The van der Waals surface area contributed by atoms with Gasteiger partial charge in [-0.1, -0.05) is 35.9 Å². The maximum atomic E-state index is 13.3. The molecule has 0 aromatic heterocycles. The highest BCUT2D eigenvalue weighted by Gasteiger charge is 2.43. The molecular formula is C25H28ClF3N4O4. The van der Waals surface area contributed by atoms with Crippen LogP contribution in [-0.4, -0.2) is 49.0 Å². The number of amides is 3. The Morgan fingerprint density at radius 2 is 1.81 bits per heavy atom. The summed E-state index contributed by atoms with van der Waals surface area (Å²) in [5.41, 5.74) is 4.02. The van der Waals surface area contributed by atoms with Gasteiger partial charge in [0, 0.05) is 30.3 Å². The number of likely N-dealkylation sites (tertiary alicyclic amines) is 1. The van der Waals surface area contributed by atoms with Crippen molar-refractivity contribution in [3.05, 3.63) is 64.2 Å². The van der Waals surface area contributed by atoms with Crippen molar-refractivity contribution in [2.75, 3.05) is 31.6 Å². The lowest BCUT2D eigenvalue weighted by Gasteiger charge is -2.40. The molecule has 1 heterocycles. The second kappa shape index (κ2) is 11.8. The van der Waals surface area contributed by atoms with Crippen molar-refractivity contribution in [2.24, 2.45) is 11.1 Å². The standard InChI is InChI=1S/C25H28ClF3N4O4/c1-16-6-7-18(12-19(16)25(27,28)29)32-23(36)37-15-24(8-10-33(11-9-24)21(34)13-30)22(35)31-14-17-4-2-3-5-20(17)26/h2-7,12H,8-11,13-15,30H2,1H3,(H,31,35)(H,32,36). The van der Waals surface area contributed by atoms with Crippen LogP contribution in [0.4, 0.5) is 23.7 Å². The number of anilines is 1. The van der Waals surface area contributed by atoms with Crippen LogP contribution in [0.3, 0.4) is 0 Å². The fourth-order valence-electron chi connectivity index (χ4n) is 4.12. The molecule has 0 saturated carbocycles. The van der Waals surface area contributed by atoms with Crippen LogP contribution in [0, 0.1) is 12.3 Å². The van der Waals surface area contributed by atoms with Crippen LogP contribution in [-0.2, 0) is 27.0 Å². The van der Waals surface area contributed by atoms with E-state index < -0.39 is 29.2 Å². The molecule has 3 rings (SSSR count). The summed E-state index contributed by atoms with van der Waals surface area (Å²) >= 11 is 6.17. The van der Waals surface area contributed by atoms with Gasteiger partial charge in [0.15, 0.2) is 0 Å². The summed E-state index contributed by atoms with van der Waals surface area (Å²) in [4.78, 5) is 39.3. The Labute approximate surface area is 217 Å². The molecular weight excluding hydrogens is 513 g/mol. The molecule has 1 saturated heterocycles. The van der Waals surface area contributed by atoms with Crippen LogP contribution >= 0.6 is 11.6 Å². The van der Waals surface area contributed by atoms with E-state index >= 15 is 0 Å². The van der Waals surface area contributed by atoms with Gasteiger partial charge in [-0.25, -0.2) is 4.79 Å². The summed E-state index contributed by atoms with van der Waals surface area (Å²) in [5.74, 6) is -0.654. The van der Waals surface area contributed by atoms with E-state index in [0.29, 0.717) is 10.6 Å². The molecule has 0 unspecified atom stereocenters. The lowest BCUT2D eigenvalue weighted by Crippen LogP contribution is -2.53. The highest BCUT2D eigenvalue weighted by Crippen LogP contribution is 2.35. The normalized spacial score (nSPS) is 15.1. The van der Waals surface area contributed by atoms with Gasteiger partial charge in [0.1, 0.15) is 6.61 Å². The van der Waals surface area contributed by atoms with E-state index in [2.05, 4.69) is 10.6 Å². The minimum absolute atomic E-state index is 0.0133. The Morgan fingerprint density at radius 3 is 2.43 bits per heavy atom. The first kappa shape index (κ1) is 28.3. The monoisotopic (exact) mass is 540 g/mol. The third-order valence-corrected chi connectivity index (χ3v) is 6.76. The number of rotatable bonds is 7. The zero-order valence-electron chi connectivity index (χ0n) is 20.2. The third kappa shape index (κ3) is 7.14. The first-order chi connectivity index (χ1) is 17.4. The maximum Gasteiger partial charge on any atom is 0.416 e. The van der Waals surface area contributed by atoms with Gasteiger partial charge in [0.2, 0.25) is 11.8 Å². The number of piperidine rings is 1. The van der Waals surface area contributed by atoms with Crippen LogP contribution in [0.1, 0.15) is 29.5 Å². The smallest absolute Gasteiger partial charge is 0.416 e. The van der Waals surface area contributed by atoms with E-state index in [-0.39, 0.29) is 62.8 Å². The number of carbonyl (C=O) groups is 3. The van der Waals surface area contributed by atoms with Crippen LogP contribution in [0.5, 0.6) is 0 Å². The van der Waals surface area contributed by atoms with Gasteiger partial charge in [-0.2, -0.15) is 13.2 Å². The zero-order chi connectivity index (χ0) is 27.2. The summed E-state index contributed by atoms with van der Waals surface area (Å²) in [6.45, 7) is 1.41. The van der Waals surface area contributed by atoms with Crippen molar-refractivity contribution >= 4 is 35.2 Å². The van der Waals surface area contributed by atoms with Crippen molar-refractivity contribution in [3.63, 3.8) is 0 Å². The van der Waals surface area contributed by atoms with Gasteiger partial charge < -0.3 is 20.7 Å². The predicted octanol–water partition coefficient (Wildman–Crippen LogP) is 4.10. The Bertz CT molecular complexity index is 1150. The van der Waals surface area contributed by atoms with E-state index in [9.17, 15) is 27.6 Å². The van der Waals surface area contributed by atoms with Crippen LogP contribution in [0.25, 0.3) is 0 Å². The van der Waals surface area contributed by atoms with Crippen LogP contribution < -0.4 is 16.4 Å². The fraction of sp³-hybridized carbons (Fsp3) is 0.400. The molecule has 4 N–H and O–H groups in total. The van der Waals surface area contributed by atoms with Crippen LogP contribution in [0.2, 0.25) is 5.02 Å². The Morgan fingerprint density at radius 1 is 1.14 bits per heavy atom. The number of carbonyl (C=O) groups excluding carboxylic acids is 3. The number of halogens is 4. The van der Waals surface area contributed by atoms with Gasteiger partial charge in [-0.15, -0.1) is 0 Å². The topological polar surface area (TPSA) is 114 Å². The lowest BCUT2D eigenvalue weighted by atomic mass is 9.78. The van der Waals surface area contributed by atoms with Crippen molar-refractivity contribution in [1.82, 2.24) is 10.2 Å². The SMILES string of the molecule is Cc1ccc(NC(=O)OCC2(C(=O)NCc3ccccc3Cl)CCN(C(=O)CN)CC2)cc1C(F)(F)F. The predicted molar refractivity (Wildman–Crippen MR) is 132 cm³/mol. The second-order valence-electron chi connectivity index (χ2n) is 8.87. The first-order valence-corrected chi connectivity index (χ1v) is 11.9. The summed E-state index contributed by atoms with van der Waals surface area (Å²) in [6, 6.07) is 10.4. The minimum atomic E-state index is -4.58. The number of alkyl halides is 3. The largest absolute Gasteiger partial charge is 0.448 e. The summed E-state index contributed by atoms with van der Waals surface area (Å²) < 4.78 is 44.9. The summed E-state index contributed by atoms with van der Waals surface area (Å²) in [7, 11) is 0. The number of nitrogens with two attached hydrogens (primary N) is 1. The van der Waals surface area contributed by atoms with E-state index in [0.717, 1.165) is 6.07 Å². The Hall–Kier alpha value is -3.31. The van der Waals surface area contributed by atoms with Gasteiger partial charge in [0.25, 0.3) is 0 Å². The van der Waals surface area contributed by atoms with Crippen molar-refractivity contribution in [3.8, 4) is 0 Å². The number of nitrogens with zero attached hydrogens (tertiary/aromatic N) is 1. The van der Waals surface area contributed by atoms with Crippen molar-refractivity contribution in [2.45, 2.75) is 32.5 Å². The molecule has 0 spiro atoms. The maximum absolute atomic E-state index is 13.3. The molecule has 2 aromatic rings. The molecule has 200 valence electrons. The highest BCUT2D eigenvalue weighted by atomic mass is 35.5. The van der Waals surface area contributed by atoms with Gasteiger partial charge in [0.05, 0.1) is 17.5 Å².